The maximum Gasteiger partial charge on any atom is 0.169 e. The molecule has 4 heteroatoms. The Morgan fingerprint density at radius 2 is 1.79 bits per heavy atom. The number of para-hydroxylation sites is 2. The van der Waals surface area contributed by atoms with Gasteiger partial charge in [0.2, 0.25) is 0 Å². The summed E-state index contributed by atoms with van der Waals surface area (Å²) >= 11 is 6.22. The van der Waals surface area contributed by atoms with Crippen LogP contribution in [0.4, 0.5) is 0 Å². The van der Waals surface area contributed by atoms with E-state index in [1.807, 2.05) is 49.5 Å². The number of rotatable bonds is 5. The minimum absolute atomic E-state index is 0.582. The standard InChI is InChI=1S/C15H16ClNO2/c1-17-10-11-7-8-13(12(16)9-11)19-15-6-4-3-5-14(15)18-2/h3-9,17H,10H2,1-2H3. The Morgan fingerprint density at radius 3 is 2.42 bits per heavy atom. The third kappa shape index (κ3) is 3.40. The Bertz CT molecular complexity index is 558. The van der Waals surface area contributed by atoms with Gasteiger partial charge in [0.25, 0.3) is 0 Å². The summed E-state index contributed by atoms with van der Waals surface area (Å²) in [6.45, 7) is 0.772. The van der Waals surface area contributed by atoms with Gasteiger partial charge in [-0.3, -0.25) is 0 Å². The van der Waals surface area contributed by atoms with Gasteiger partial charge in [-0.15, -0.1) is 0 Å². The van der Waals surface area contributed by atoms with Crippen molar-refractivity contribution >= 4 is 11.6 Å². The first-order valence-electron chi connectivity index (χ1n) is 5.98. The summed E-state index contributed by atoms with van der Waals surface area (Å²) in [5.41, 5.74) is 1.11. The second kappa shape index (κ2) is 6.45. The lowest BCUT2D eigenvalue weighted by Gasteiger charge is -2.12. The van der Waals surface area contributed by atoms with Crippen molar-refractivity contribution in [1.29, 1.82) is 0 Å². The summed E-state index contributed by atoms with van der Waals surface area (Å²) in [4.78, 5) is 0. The van der Waals surface area contributed by atoms with Crippen molar-refractivity contribution < 1.29 is 9.47 Å². The smallest absolute Gasteiger partial charge is 0.169 e. The highest BCUT2D eigenvalue weighted by Gasteiger charge is 2.08. The lowest BCUT2D eigenvalue weighted by atomic mass is 10.2. The number of hydrogen-bond acceptors (Lipinski definition) is 3. The molecule has 0 saturated heterocycles. The van der Waals surface area contributed by atoms with Crippen LogP contribution in [0, 0.1) is 0 Å². The van der Waals surface area contributed by atoms with E-state index in [4.69, 9.17) is 21.1 Å². The van der Waals surface area contributed by atoms with E-state index < -0.39 is 0 Å². The van der Waals surface area contributed by atoms with E-state index in [9.17, 15) is 0 Å². The van der Waals surface area contributed by atoms with Crippen molar-refractivity contribution in [3.8, 4) is 17.2 Å². The molecule has 19 heavy (non-hydrogen) atoms. The monoisotopic (exact) mass is 277 g/mol. The predicted octanol–water partition coefficient (Wildman–Crippen LogP) is 3.86. The summed E-state index contributed by atoms with van der Waals surface area (Å²) in [6.07, 6.45) is 0. The summed E-state index contributed by atoms with van der Waals surface area (Å²) in [5, 5.41) is 3.66. The molecule has 0 atom stereocenters. The topological polar surface area (TPSA) is 30.5 Å². The fourth-order valence-electron chi connectivity index (χ4n) is 1.76. The molecule has 0 unspecified atom stereocenters. The van der Waals surface area contributed by atoms with E-state index in [0.29, 0.717) is 22.3 Å². The molecule has 1 N–H and O–H groups in total. The number of ether oxygens (including phenoxy) is 2. The van der Waals surface area contributed by atoms with E-state index in [1.54, 1.807) is 7.11 Å². The average molecular weight is 278 g/mol. The molecule has 0 saturated carbocycles. The van der Waals surface area contributed by atoms with Crippen LogP contribution in [0.1, 0.15) is 5.56 Å². The number of methoxy groups -OCH3 is 1. The van der Waals surface area contributed by atoms with Gasteiger partial charge in [0, 0.05) is 6.54 Å². The maximum absolute atomic E-state index is 6.22. The van der Waals surface area contributed by atoms with Crippen LogP contribution in [0.3, 0.4) is 0 Å². The van der Waals surface area contributed by atoms with Crippen molar-refractivity contribution in [1.82, 2.24) is 5.32 Å². The van der Waals surface area contributed by atoms with Crippen LogP contribution in [-0.2, 0) is 6.54 Å². The van der Waals surface area contributed by atoms with E-state index >= 15 is 0 Å². The normalized spacial score (nSPS) is 10.3. The largest absolute Gasteiger partial charge is 0.493 e. The van der Waals surface area contributed by atoms with E-state index in [0.717, 1.165) is 12.1 Å². The molecule has 2 aromatic carbocycles. The van der Waals surface area contributed by atoms with Crippen molar-refractivity contribution in [2.24, 2.45) is 0 Å². The quantitative estimate of drug-likeness (QED) is 0.900. The van der Waals surface area contributed by atoms with E-state index in [-0.39, 0.29) is 0 Å². The Hall–Kier alpha value is -1.71. The van der Waals surface area contributed by atoms with Crippen LogP contribution in [0.5, 0.6) is 17.2 Å². The summed E-state index contributed by atoms with van der Waals surface area (Å²) in [5.74, 6) is 1.94. The second-order valence-corrected chi connectivity index (χ2v) is 4.46. The van der Waals surface area contributed by atoms with Gasteiger partial charge in [0.1, 0.15) is 5.75 Å². The van der Waals surface area contributed by atoms with Gasteiger partial charge in [-0.25, -0.2) is 0 Å². The Balaban J connectivity index is 2.23. The molecule has 0 heterocycles. The van der Waals surface area contributed by atoms with Gasteiger partial charge in [-0.2, -0.15) is 0 Å². The average Bonchev–Trinajstić information content (AvgIpc) is 2.43. The van der Waals surface area contributed by atoms with Gasteiger partial charge in [-0.1, -0.05) is 29.8 Å². The number of hydrogen-bond donors (Lipinski definition) is 1. The minimum atomic E-state index is 0.582. The van der Waals surface area contributed by atoms with Gasteiger partial charge < -0.3 is 14.8 Å². The summed E-state index contributed by atoms with van der Waals surface area (Å²) < 4.78 is 11.0. The van der Waals surface area contributed by atoms with Crippen molar-refractivity contribution in [2.75, 3.05) is 14.2 Å². The van der Waals surface area contributed by atoms with Crippen molar-refractivity contribution in [2.45, 2.75) is 6.54 Å². The highest BCUT2D eigenvalue weighted by atomic mass is 35.5. The molecule has 0 fully saturated rings. The first-order chi connectivity index (χ1) is 9.24. The Labute approximate surface area is 118 Å². The van der Waals surface area contributed by atoms with Crippen molar-refractivity contribution in [3.63, 3.8) is 0 Å². The van der Waals surface area contributed by atoms with Crippen molar-refractivity contribution in [3.05, 3.63) is 53.1 Å². The maximum atomic E-state index is 6.22. The highest BCUT2D eigenvalue weighted by molar-refractivity contribution is 6.32. The lowest BCUT2D eigenvalue weighted by molar-refractivity contribution is 0.379. The molecule has 0 aromatic heterocycles. The summed E-state index contributed by atoms with van der Waals surface area (Å²) in [6, 6.07) is 13.2. The Morgan fingerprint density at radius 1 is 1.05 bits per heavy atom. The summed E-state index contributed by atoms with van der Waals surface area (Å²) in [7, 11) is 3.51. The molecule has 2 rings (SSSR count). The van der Waals surface area contributed by atoms with Gasteiger partial charge in [0.15, 0.2) is 11.5 Å². The molecular weight excluding hydrogens is 262 g/mol. The third-order valence-corrected chi connectivity index (χ3v) is 2.96. The van der Waals surface area contributed by atoms with Gasteiger partial charge >= 0.3 is 0 Å². The molecule has 0 amide bonds. The number of halogens is 1. The lowest BCUT2D eigenvalue weighted by Crippen LogP contribution is -2.04. The number of nitrogens with one attached hydrogen (secondary N) is 1. The molecule has 0 aliphatic heterocycles. The molecule has 100 valence electrons. The first kappa shape index (κ1) is 13.7. The zero-order valence-corrected chi connectivity index (χ0v) is 11.7. The molecule has 2 aromatic rings. The molecule has 3 nitrogen and oxygen atoms in total. The minimum Gasteiger partial charge on any atom is -0.493 e. The zero-order valence-electron chi connectivity index (χ0n) is 10.9. The van der Waals surface area contributed by atoms with Crippen LogP contribution < -0.4 is 14.8 Å². The van der Waals surface area contributed by atoms with Crippen LogP contribution in [-0.4, -0.2) is 14.2 Å². The fourth-order valence-corrected chi connectivity index (χ4v) is 2.00. The van der Waals surface area contributed by atoms with Gasteiger partial charge in [-0.05, 0) is 36.9 Å². The molecule has 0 aliphatic carbocycles. The molecule has 0 aliphatic rings. The zero-order chi connectivity index (χ0) is 13.7. The molecule has 0 bridgehead atoms. The second-order valence-electron chi connectivity index (χ2n) is 4.05. The molecule has 0 radical (unpaired) electrons. The van der Waals surface area contributed by atoms with Gasteiger partial charge in [0.05, 0.1) is 12.1 Å². The Kier molecular flexibility index (Phi) is 4.66. The van der Waals surface area contributed by atoms with Crippen LogP contribution in [0.2, 0.25) is 5.02 Å². The highest BCUT2D eigenvalue weighted by Crippen LogP contribution is 2.35. The van der Waals surface area contributed by atoms with Crippen LogP contribution in [0.25, 0.3) is 0 Å². The predicted molar refractivity (Wildman–Crippen MR) is 77.3 cm³/mol. The molecular formula is C15H16ClNO2. The molecule has 0 spiro atoms. The van der Waals surface area contributed by atoms with E-state index in [2.05, 4.69) is 5.32 Å². The number of benzene rings is 2. The third-order valence-electron chi connectivity index (χ3n) is 2.67. The SMILES string of the molecule is CNCc1ccc(Oc2ccccc2OC)c(Cl)c1. The van der Waals surface area contributed by atoms with Crippen LogP contribution in [0.15, 0.2) is 42.5 Å². The first-order valence-corrected chi connectivity index (χ1v) is 6.36. The van der Waals surface area contributed by atoms with E-state index in [1.165, 1.54) is 0 Å². The fraction of sp³-hybridized carbons (Fsp3) is 0.200. The van der Waals surface area contributed by atoms with Crippen LogP contribution >= 0.6 is 11.6 Å².